The quantitative estimate of drug-likeness (QED) is 0.765. The van der Waals surface area contributed by atoms with Gasteiger partial charge in [0.15, 0.2) is 0 Å². The van der Waals surface area contributed by atoms with Crippen LogP contribution in [0, 0.1) is 9.49 Å². The second-order valence-electron chi connectivity index (χ2n) is 3.84. The summed E-state index contributed by atoms with van der Waals surface area (Å²) in [6, 6.07) is 8.54. The van der Waals surface area contributed by atoms with Crippen LogP contribution in [0.4, 0.5) is 0 Å². The van der Waals surface area contributed by atoms with Crippen LogP contribution in [0.25, 0.3) is 0 Å². The van der Waals surface area contributed by atoms with E-state index < -0.39 is 0 Å². The Morgan fingerprint density at radius 1 is 1.36 bits per heavy atom. The van der Waals surface area contributed by atoms with E-state index in [9.17, 15) is 4.79 Å². The third-order valence-corrected chi connectivity index (χ3v) is 3.78. The molecule has 1 nitrogen and oxygen atoms in total. The van der Waals surface area contributed by atoms with Crippen LogP contribution in [0.2, 0.25) is 0 Å². The Labute approximate surface area is 98.0 Å². The molecule has 2 heteroatoms. The molecule has 2 unspecified atom stereocenters. The summed E-state index contributed by atoms with van der Waals surface area (Å²) in [5, 5.41) is 0. The number of hydrogen-bond donors (Lipinski definition) is 0. The Hall–Kier alpha value is -0.380. The Morgan fingerprint density at radius 2 is 2.00 bits per heavy atom. The molecular formula is C12H13IO. The number of carbonyl (C=O) groups excluding carboxylic acids is 1. The van der Waals surface area contributed by atoms with Crippen LogP contribution >= 0.6 is 22.6 Å². The summed E-state index contributed by atoms with van der Waals surface area (Å²) in [4.78, 5) is 11.3. The highest BCUT2D eigenvalue weighted by atomic mass is 127. The van der Waals surface area contributed by atoms with Gasteiger partial charge in [0.25, 0.3) is 0 Å². The molecule has 1 saturated carbocycles. The van der Waals surface area contributed by atoms with Crippen molar-refractivity contribution in [3.05, 3.63) is 33.4 Å². The van der Waals surface area contributed by atoms with E-state index in [0.717, 1.165) is 12.8 Å². The zero-order valence-electron chi connectivity index (χ0n) is 8.16. The van der Waals surface area contributed by atoms with Gasteiger partial charge >= 0.3 is 0 Å². The van der Waals surface area contributed by atoms with Crippen molar-refractivity contribution in [2.45, 2.75) is 25.7 Å². The molecule has 2 atom stereocenters. The highest BCUT2D eigenvalue weighted by Crippen LogP contribution is 2.41. The molecule has 1 aliphatic rings. The zero-order valence-corrected chi connectivity index (χ0v) is 10.3. The highest BCUT2D eigenvalue weighted by Gasteiger charge is 2.38. The third-order valence-electron chi connectivity index (χ3n) is 3.06. The van der Waals surface area contributed by atoms with Gasteiger partial charge in [0, 0.05) is 21.8 Å². The predicted octanol–water partition coefficient (Wildman–Crippen LogP) is 3.37. The molecule has 0 radical (unpaired) electrons. The van der Waals surface area contributed by atoms with Gasteiger partial charge in [0.1, 0.15) is 5.78 Å². The van der Waals surface area contributed by atoms with Gasteiger partial charge in [0.05, 0.1) is 0 Å². The van der Waals surface area contributed by atoms with Gasteiger partial charge in [-0.25, -0.2) is 0 Å². The van der Waals surface area contributed by atoms with Crippen LogP contribution < -0.4 is 0 Å². The summed E-state index contributed by atoms with van der Waals surface area (Å²) < 4.78 is 1.25. The maximum absolute atomic E-state index is 11.3. The molecule has 0 amide bonds. The molecule has 14 heavy (non-hydrogen) atoms. The number of halogens is 1. The fourth-order valence-electron chi connectivity index (χ4n) is 2.15. The van der Waals surface area contributed by atoms with Gasteiger partial charge in [-0.05, 0) is 46.7 Å². The van der Waals surface area contributed by atoms with E-state index in [4.69, 9.17) is 0 Å². The molecule has 0 saturated heterocycles. The Bertz CT molecular complexity index is 342. The first-order valence-electron chi connectivity index (χ1n) is 5.00. The lowest BCUT2D eigenvalue weighted by Crippen LogP contribution is -2.34. The average Bonchev–Trinajstić information content (AvgIpc) is 2.16. The van der Waals surface area contributed by atoms with Crippen LogP contribution in [0.15, 0.2) is 24.3 Å². The van der Waals surface area contributed by atoms with Gasteiger partial charge in [-0.3, -0.25) is 4.79 Å². The van der Waals surface area contributed by atoms with E-state index in [1.165, 1.54) is 9.13 Å². The summed E-state index contributed by atoms with van der Waals surface area (Å²) in [5.41, 5.74) is 1.33. The van der Waals surface area contributed by atoms with Gasteiger partial charge in [-0.2, -0.15) is 0 Å². The van der Waals surface area contributed by atoms with Crippen molar-refractivity contribution in [2.24, 2.45) is 5.92 Å². The number of benzene rings is 1. The van der Waals surface area contributed by atoms with Crippen molar-refractivity contribution >= 4 is 28.4 Å². The smallest absolute Gasteiger partial charge is 0.137 e. The second kappa shape index (κ2) is 4.01. The lowest BCUT2D eigenvalue weighted by molar-refractivity contribution is -0.131. The zero-order chi connectivity index (χ0) is 10.1. The van der Waals surface area contributed by atoms with E-state index >= 15 is 0 Å². The molecule has 1 aromatic carbocycles. The number of Topliss-reactive ketones (excluding diaryl/α,β-unsaturated/α-hetero) is 1. The number of hydrogen-bond acceptors (Lipinski definition) is 1. The van der Waals surface area contributed by atoms with Crippen molar-refractivity contribution in [2.75, 3.05) is 0 Å². The SMILES string of the molecule is CCC1C(=O)CC1c1ccc(I)cc1. The molecule has 0 spiro atoms. The summed E-state index contributed by atoms with van der Waals surface area (Å²) in [6.07, 6.45) is 1.73. The molecule has 0 N–H and O–H groups in total. The molecule has 0 aromatic heterocycles. The van der Waals surface area contributed by atoms with Gasteiger partial charge in [-0.1, -0.05) is 19.1 Å². The van der Waals surface area contributed by atoms with E-state index in [-0.39, 0.29) is 5.92 Å². The minimum absolute atomic E-state index is 0.287. The Kier molecular flexibility index (Phi) is 2.91. The topological polar surface area (TPSA) is 17.1 Å². The van der Waals surface area contributed by atoms with Crippen LogP contribution in [-0.4, -0.2) is 5.78 Å². The standard InChI is InChI=1S/C12H13IO/c1-2-10-11(7-12(10)14)8-3-5-9(13)6-4-8/h3-6,10-11H,2,7H2,1H3. The average molecular weight is 300 g/mol. The minimum Gasteiger partial charge on any atom is -0.299 e. The predicted molar refractivity (Wildman–Crippen MR) is 65.3 cm³/mol. The highest BCUT2D eigenvalue weighted by molar-refractivity contribution is 14.1. The first-order chi connectivity index (χ1) is 6.72. The minimum atomic E-state index is 0.287. The van der Waals surface area contributed by atoms with Gasteiger partial charge in [0.2, 0.25) is 0 Å². The summed E-state index contributed by atoms with van der Waals surface area (Å²) in [6.45, 7) is 2.10. The maximum atomic E-state index is 11.3. The Balaban J connectivity index is 2.17. The lowest BCUT2D eigenvalue weighted by atomic mass is 9.68. The van der Waals surface area contributed by atoms with Crippen LogP contribution in [0.5, 0.6) is 0 Å². The normalized spacial score (nSPS) is 26.0. The largest absolute Gasteiger partial charge is 0.299 e. The van der Waals surface area contributed by atoms with E-state index in [1.807, 2.05) is 0 Å². The van der Waals surface area contributed by atoms with E-state index in [2.05, 4.69) is 53.8 Å². The molecular weight excluding hydrogens is 287 g/mol. The molecule has 1 aromatic rings. The van der Waals surface area contributed by atoms with Gasteiger partial charge in [-0.15, -0.1) is 0 Å². The molecule has 0 heterocycles. The van der Waals surface area contributed by atoms with Gasteiger partial charge < -0.3 is 0 Å². The van der Waals surface area contributed by atoms with Crippen LogP contribution in [0.1, 0.15) is 31.2 Å². The number of rotatable bonds is 2. The maximum Gasteiger partial charge on any atom is 0.137 e. The van der Waals surface area contributed by atoms with Crippen molar-refractivity contribution in [3.63, 3.8) is 0 Å². The molecule has 1 fully saturated rings. The van der Waals surface area contributed by atoms with E-state index in [1.54, 1.807) is 0 Å². The van der Waals surface area contributed by atoms with Crippen LogP contribution in [-0.2, 0) is 4.79 Å². The van der Waals surface area contributed by atoms with Crippen molar-refractivity contribution in [1.82, 2.24) is 0 Å². The van der Waals surface area contributed by atoms with Crippen molar-refractivity contribution < 1.29 is 4.79 Å². The Morgan fingerprint density at radius 3 is 2.50 bits per heavy atom. The lowest BCUT2D eigenvalue weighted by Gasteiger charge is -2.34. The third kappa shape index (κ3) is 1.72. The summed E-state index contributed by atoms with van der Waals surface area (Å²) >= 11 is 2.30. The number of ketones is 1. The second-order valence-corrected chi connectivity index (χ2v) is 5.09. The van der Waals surface area contributed by atoms with Crippen molar-refractivity contribution in [3.8, 4) is 0 Å². The molecule has 0 aliphatic heterocycles. The van der Waals surface area contributed by atoms with Crippen LogP contribution in [0.3, 0.4) is 0 Å². The summed E-state index contributed by atoms with van der Waals surface area (Å²) in [5.74, 6) is 1.22. The fraction of sp³-hybridized carbons (Fsp3) is 0.417. The van der Waals surface area contributed by atoms with Crippen molar-refractivity contribution in [1.29, 1.82) is 0 Å². The first kappa shape index (κ1) is 10.1. The molecule has 2 rings (SSSR count). The molecule has 0 bridgehead atoms. The monoisotopic (exact) mass is 300 g/mol. The summed E-state index contributed by atoms with van der Waals surface area (Å²) in [7, 11) is 0. The first-order valence-corrected chi connectivity index (χ1v) is 6.08. The molecule has 74 valence electrons. The van der Waals surface area contributed by atoms with E-state index in [0.29, 0.717) is 11.7 Å². The number of carbonyl (C=O) groups is 1. The fourth-order valence-corrected chi connectivity index (χ4v) is 2.51. The molecule has 1 aliphatic carbocycles.